The molecular weight excluding hydrogens is 308 g/mol. The third-order valence-corrected chi connectivity index (χ3v) is 3.18. The molecule has 0 atom stereocenters. The predicted molar refractivity (Wildman–Crippen MR) is 41.7 cm³/mol. The van der Waals surface area contributed by atoms with E-state index in [4.69, 9.17) is 0 Å². The van der Waals surface area contributed by atoms with Crippen LogP contribution in [0.2, 0.25) is 0 Å². The molecule has 0 bridgehead atoms. The van der Waals surface area contributed by atoms with Crippen LogP contribution >= 0.6 is 31.9 Å². The number of benzene rings is 1. The minimum Gasteiger partial charge on any atom is -0.202 e. The van der Waals surface area contributed by atoms with Crippen molar-refractivity contribution in [3.8, 4) is 0 Å². The Bertz CT molecular complexity index is 232. The highest BCUT2D eigenvalue weighted by molar-refractivity contribution is 9.13. The smallest absolute Gasteiger partial charge is 0.198 e. The van der Waals surface area contributed by atoms with Crippen molar-refractivity contribution in [3.05, 3.63) is 32.2 Å². The van der Waals surface area contributed by atoms with E-state index in [-0.39, 0.29) is 0 Å². The molecule has 0 radical (unpaired) electrons. The van der Waals surface area contributed by atoms with Gasteiger partial charge in [-0.3, -0.25) is 0 Å². The summed E-state index contributed by atoms with van der Waals surface area (Å²) in [6.07, 6.45) is 0. The standard InChI is InChI=1S/C6Br2F4/c7-1-2(8)4(10)6(12)5(11)3(1)9. The van der Waals surface area contributed by atoms with Crippen molar-refractivity contribution in [3.63, 3.8) is 0 Å². The summed E-state index contributed by atoms with van der Waals surface area (Å²) in [6, 6.07) is 0. The summed E-state index contributed by atoms with van der Waals surface area (Å²) in [5.41, 5.74) is 0. The number of halogens is 6. The fourth-order valence-electron chi connectivity index (χ4n) is 0.578. The fourth-order valence-corrected chi connectivity index (χ4v) is 1.27. The van der Waals surface area contributed by atoms with Gasteiger partial charge in [-0.15, -0.1) is 0 Å². The van der Waals surface area contributed by atoms with Gasteiger partial charge in [0.2, 0.25) is 0 Å². The molecule has 0 aliphatic carbocycles. The second-order valence-corrected chi connectivity index (χ2v) is 3.47. The zero-order chi connectivity index (χ0) is 9.46. The molecular formula is C6Br2F4. The lowest BCUT2D eigenvalue weighted by Crippen LogP contribution is -1.98. The normalized spacial score (nSPS) is 10.5. The zero-order valence-electron chi connectivity index (χ0n) is 5.27. The third kappa shape index (κ3) is 1.37. The van der Waals surface area contributed by atoms with Crippen molar-refractivity contribution < 1.29 is 17.6 Å². The van der Waals surface area contributed by atoms with E-state index >= 15 is 0 Å². The maximum Gasteiger partial charge on any atom is 0.198 e. The van der Waals surface area contributed by atoms with Gasteiger partial charge in [0.25, 0.3) is 0 Å². The minimum atomic E-state index is -1.83. The van der Waals surface area contributed by atoms with Gasteiger partial charge in [0.15, 0.2) is 23.3 Å². The van der Waals surface area contributed by atoms with E-state index in [2.05, 4.69) is 31.9 Å². The van der Waals surface area contributed by atoms with Crippen molar-refractivity contribution in [2.24, 2.45) is 0 Å². The lowest BCUT2D eigenvalue weighted by molar-refractivity contribution is 0.403. The van der Waals surface area contributed by atoms with Crippen molar-refractivity contribution >= 4 is 31.9 Å². The Hall–Kier alpha value is -0.100. The van der Waals surface area contributed by atoms with Crippen LogP contribution in [0.15, 0.2) is 8.95 Å². The molecule has 0 nitrogen and oxygen atoms in total. The predicted octanol–water partition coefficient (Wildman–Crippen LogP) is 3.77. The highest BCUT2D eigenvalue weighted by atomic mass is 79.9. The highest BCUT2D eigenvalue weighted by Gasteiger charge is 2.22. The molecule has 1 aromatic carbocycles. The molecule has 0 saturated heterocycles. The first-order valence-electron chi connectivity index (χ1n) is 2.63. The Kier molecular flexibility index (Phi) is 2.77. The van der Waals surface area contributed by atoms with Crippen molar-refractivity contribution in [1.82, 2.24) is 0 Å². The molecule has 1 rings (SSSR count). The van der Waals surface area contributed by atoms with Crippen molar-refractivity contribution in [2.75, 3.05) is 0 Å². The summed E-state index contributed by atoms with van der Waals surface area (Å²) in [5, 5.41) is 0. The van der Waals surface area contributed by atoms with Crippen molar-refractivity contribution in [2.45, 2.75) is 0 Å². The van der Waals surface area contributed by atoms with Gasteiger partial charge in [-0.2, -0.15) is 0 Å². The van der Waals surface area contributed by atoms with Crippen LogP contribution in [-0.2, 0) is 0 Å². The lowest BCUT2D eigenvalue weighted by atomic mass is 10.3. The van der Waals surface area contributed by atoms with Crippen LogP contribution in [0.5, 0.6) is 0 Å². The molecule has 0 aromatic heterocycles. The lowest BCUT2D eigenvalue weighted by Gasteiger charge is -2.02. The summed E-state index contributed by atoms with van der Waals surface area (Å²) in [4.78, 5) is 0. The van der Waals surface area contributed by atoms with Crippen LogP contribution in [0.3, 0.4) is 0 Å². The van der Waals surface area contributed by atoms with E-state index in [9.17, 15) is 17.6 Å². The summed E-state index contributed by atoms with van der Waals surface area (Å²) in [7, 11) is 0. The van der Waals surface area contributed by atoms with Crippen LogP contribution in [-0.4, -0.2) is 0 Å². The van der Waals surface area contributed by atoms with Crippen LogP contribution < -0.4 is 0 Å². The van der Waals surface area contributed by atoms with Gasteiger partial charge in [0.05, 0.1) is 8.95 Å². The highest BCUT2D eigenvalue weighted by Crippen LogP contribution is 2.32. The van der Waals surface area contributed by atoms with Gasteiger partial charge in [0, 0.05) is 0 Å². The number of hydrogen-bond donors (Lipinski definition) is 0. The molecule has 0 fully saturated rings. The molecule has 12 heavy (non-hydrogen) atoms. The fraction of sp³-hybridized carbons (Fsp3) is 0. The monoisotopic (exact) mass is 306 g/mol. The molecule has 0 spiro atoms. The molecule has 1 aromatic rings. The maximum atomic E-state index is 12.6. The van der Waals surface area contributed by atoms with E-state index in [0.29, 0.717) is 0 Å². The van der Waals surface area contributed by atoms with Gasteiger partial charge >= 0.3 is 0 Å². The molecule has 0 unspecified atom stereocenters. The Labute approximate surface area is 81.8 Å². The molecule has 66 valence electrons. The van der Waals surface area contributed by atoms with Gasteiger partial charge < -0.3 is 0 Å². The maximum absolute atomic E-state index is 12.6. The minimum absolute atomic E-state index is 0.473. The second-order valence-electron chi connectivity index (χ2n) is 1.88. The number of hydrogen-bond acceptors (Lipinski definition) is 0. The van der Waals surface area contributed by atoms with Crippen LogP contribution in [0.25, 0.3) is 0 Å². The first kappa shape index (κ1) is 9.98. The molecule has 0 aliphatic heterocycles. The summed E-state index contributed by atoms with van der Waals surface area (Å²) >= 11 is 5.09. The largest absolute Gasteiger partial charge is 0.202 e. The van der Waals surface area contributed by atoms with E-state index in [1.807, 2.05) is 0 Å². The molecule has 0 N–H and O–H groups in total. The van der Waals surface area contributed by atoms with Gasteiger partial charge in [-0.25, -0.2) is 17.6 Å². The van der Waals surface area contributed by atoms with Crippen LogP contribution in [0.1, 0.15) is 0 Å². The summed E-state index contributed by atoms with van der Waals surface area (Å²) in [6.45, 7) is 0. The van der Waals surface area contributed by atoms with E-state index < -0.39 is 32.2 Å². The van der Waals surface area contributed by atoms with E-state index in [1.165, 1.54) is 0 Å². The van der Waals surface area contributed by atoms with Gasteiger partial charge in [-0.05, 0) is 31.9 Å². The van der Waals surface area contributed by atoms with Gasteiger partial charge in [0.1, 0.15) is 0 Å². The Morgan fingerprint density at radius 3 is 1.08 bits per heavy atom. The van der Waals surface area contributed by atoms with E-state index in [1.54, 1.807) is 0 Å². The summed E-state index contributed by atoms with van der Waals surface area (Å²) < 4.78 is 49.0. The third-order valence-electron chi connectivity index (χ3n) is 1.16. The van der Waals surface area contributed by atoms with Crippen LogP contribution in [0.4, 0.5) is 17.6 Å². The quantitative estimate of drug-likeness (QED) is 0.389. The number of rotatable bonds is 0. The topological polar surface area (TPSA) is 0 Å². The summed E-state index contributed by atoms with van der Waals surface area (Å²) in [5.74, 6) is -6.58. The Morgan fingerprint density at radius 2 is 0.833 bits per heavy atom. The first-order chi connectivity index (χ1) is 5.46. The molecule has 0 heterocycles. The molecule has 0 amide bonds. The van der Waals surface area contributed by atoms with E-state index in [0.717, 1.165) is 0 Å². The average molecular weight is 308 g/mol. The SMILES string of the molecule is Fc1c(F)c(F)c(Br)c(Br)c1F. The Morgan fingerprint density at radius 1 is 0.583 bits per heavy atom. The van der Waals surface area contributed by atoms with Crippen molar-refractivity contribution in [1.29, 1.82) is 0 Å². The molecule has 0 saturated carbocycles. The zero-order valence-corrected chi connectivity index (χ0v) is 8.44. The van der Waals surface area contributed by atoms with Gasteiger partial charge in [-0.1, -0.05) is 0 Å². The average Bonchev–Trinajstić information content (AvgIpc) is 2.08. The van der Waals surface area contributed by atoms with Crippen LogP contribution in [0, 0.1) is 23.3 Å². The molecule has 6 heteroatoms. The molecule has 0 aliphatic rings. The first-order valence-corrected chi connectivity index (χ1v) is 4.22. The second kappa shape index (κ2) is 3.33. The Balaban J connectivity index is 3.60.